The average Bonchev–Trinajstić information content (AvgIpc) is 2.54. The maximum absolute atomic E-state index is 12.2. The van der Waals surface area contributed by atoms with Crippen molar-refractivity contribution in [2.45, 2.75) is 13.0 Å². The van der Waals surface area contributed by atoms with Crippen LogP contribution in [0.2, 0.25) is 0 Å². The van der Waals surface area contributed by atoms with Gasteiger partial charge >= 0.3 is 0 Å². The average molecular weight is 363 g/mol. The molecule has 0 saturated heterocycles. The predicted octanol–water partition coefficient (Wildman–Crippen LogP) is 3.11. The van der Waals surface area contributed by atoms with Gasteiger partial charge in [-0.05, 0) is 36.8 Å². The Balaban J connectivity index is 1.80. The first-order chi connectivity index (χ1) is 10.6. The molecule has 22 heavy (non-hydrogen) atoms. The molecule has 1 unspecified atom stereocenters. The summed E-state index contributed by atoms with van der Waals surface area (Å²) in [5.41, 5.74) is 1.52. The van der Waals surface area contributed by atoms with E-state index in [1.165, 1.54) is 0 Å². The summed E-state index contributed by atoms with van der Waals surface area (Å²) < 4.78 is 12.0. The highest BCUT2D eigenvalue weighted by atomic mass is 79.9. The number of hydrogen-bond acceptors (Lipinski definition) is 4. The van der Waals surface area contributed by atoms with Crippen LogP contribution in [0.5, 0.6) is 11.5 Å². The minimum atomic E-state index is -0.175. The number of rotatable bonds is 3. The van der Waals surface area contributed by atoms with Gasteiger partial charge in [-0.15, -0.1) is 0 Å². The Labute approximate surface area is 136 Å². The number of benzene rings is 1. The van der Waals surface area contributed by atoms with E-state index in [0.717, 1.165) is 15.8 Å². The van der Waals surface area contributed by atoms with Crippen LogP contribution in [0.4, 0.5) is 0 Å². The maximum atomic E-state index is 12.2. The summed E-state index contributed by atoms with van der Waals surface area (Å²) in [7, 11) is 0. The van der Waals surface area contributed by atoms with Crippen molar-refractivity contribution in [2.24, 2.45) is 0 Å². The van der Waals surface area contributed by atoms with Gasteiger partial charge in [0, 0.05) is 22.4 Å². The molecule has 2 aromatic rings. The van der Waals surface area contributed by atoms with Gasteiger partial charge in [0.25, 0.3) is 5.91 Å². The SMILES string of the molecule is CC(NC(=O)c1ccncc1)c1cc2c(cc1Br)OCCO2. The van der Waals surface area contributed by atoms with E-state index < -0.39 is 0 Å². The van der Waals surface area contributed by atoms with Crippen molar-refractivity contribution in [2.75, 3.05) is 13.2 Å². The zero-order chi connectivity index (χ0) is 15.5. The number of nitrogens with zero attached hydrogens (tertiary/aromatic N) is 1. The lowest BCUT2D eigenvalue weighted by molar-refractivity contribution is 0.0939. The van der Waals surface area contributed by atoms with Crippen molar-refractivity contribution in [3.63, 3.8) is 0 Å². The minimum absolute atomic E-state index is 0.142. The summed E-state index contributed by atoms with van der Waals surface area (Å²) in [6.07, 6.45) is 3.19. The molecule has 1 aliphatic rings. The van der Waals surface area contributed by atoms with Gasteiger partial charge in [-0.2, -0.15) is 0 Å². The molecule has 0 saturated carbocycles. The Morgan fingerprint density at radius 3 is 2.55 bits per heavy atom. The highest BCUT2D eigenvalue weighted by Crippen LogP contribution is 2.37. The number of amides is 1. The summed E-state index contributed by atoms with van der Waals surface area (Å²) in [5.74, 6) is 1.28. The molecule has 5 nitrogen and oxygen atoms in total. The van der Waals surface area contributed by atoms with Gasteiger partial charge in [0.1, 0.15) is 13.2 Å². The monoisotopic (exact) mass is 362 g/mol. The zero-order valence-corrected chi connectivity index (χ0v) is 13.6. The molecule has 6 heteroatoms. The standard InChI is InChI=1S/C16H15BrN2O3/c1-10(19-16(20)11-2-4-18-5-3-11)12-8-14-15(9-13(12)17)22-7-6-21-14/h2-5,8-10H,6-7H2,1H3,(H,19,20). The number of hydrogen-bond donors (Lipinski definition) is 1. The van der Waals surface area contributed by atoms with Crippen LogP contribution in [0.1, 0.15) is 28.9 Å². The number of carbonyl (C=O) groups is 1. The van der Waals surface area contributed by atoms with Gasteiger partial charge < -0.3 is 14.8 Å². The number of carbonyl (C=O) groups excluding carboxylic acids is 1. The van der Waals surface area contributed by atoms with E-state index in [1.54, 1.807) is 24.5 Å². The summed E-state index contributed by atoms with van der Waals surface area (Å²) in [5, 5.41) is 2.97. The molecule has 1 atom stereocenters. The van der Waals surface area contributed by atoms with Gasteiger partial charge in [-0.1, -0.05) is 15.9 Å². The van der Waals surface area contributed by atoms with Crippen LogP contribution in [0, 0.1) is 0 Å². The topological polar surface area (TPSA) is 60.5 Å². The molecule has 0 bridgehead atoms. The van der Waals surface area contributed by atoms with Crippen LogP contribution in [0.3, 0.4) is 0 Å². The van der Waals surface area contributed by atoms with Crippen LogP contribution >= 0.6 is 15.9 Å². The number of fused-ring (bicyclic) bond motifs is 1. The zero-order valence-electron chi connectivity index (χ0n) is 12.0. The van der Waals surface area contributed by atoms with Gasteiger partial charge in [-0.3, -0.25) is 9.78 Å². The summed E-state index contributed by atoms with van der Waals surface area (Å²) in [6, 6.07) is 6.96. The summed E-state index contributed by atoms with van der Waals surface area (Å²) in [4.78, 5) is 16.1. The second kappa shape index (κ2) is 6.36. The molecular formula is C16H15BrN2O3. The first-order valence-corrected chi connectivity index (χ1v) is 7.74. The highest BCUT2D eigenvalue weighted by molar-refractivity contribution is 9.10. The van der Waals surface area contributed by atoms with E-state index in [2.05, 4.69) is 26.2 Å². The summed E-state index contributed by atoms with van der Waals surface area (Å²) >= 11 is 3.53. The Kier molecular flexibility index (Phi) is 4.29. The molecule has 1 aliphatic heterocycles. The molecule has 1 aromatic carbocycles. The Bertz CT molecular complexity index is 691. The normalized spacial score (nSPS) is 14.3. The van der Waals surface area contributed by atoms with Gasteiger partial charge in [0.05, 0.1) is 6.04 Å². The van der Waals surface area contributed by atoms with E-state index in [1.807, 2.05) is 19.1 Å². The molecule has 3 rings (SSSR count). The molecule has 0 radical (unpaired) electrons. The fraction of sp³-hybridized carbons (Fsp3) is 0.250. The minimum Gasteiger partial charge on any atom is -0.486 e. The van der Waals surface area contributed by atoms with Gasteiger partial charge in [0.15, 0.2) is 11.5 Å². The van der Waals surface area contributed by atoms with E-state index in [-0.39, 0.29) is 11.9 Å². The van der Waals surface area contributed by atoms with Crippen LogP contribution in [0.25, 0.3) is 0 Å². The third kappa shape index (κ3) is 3.06. The van der Waals surface area contributed by atoms with Crippen molar-refractivity contribution >= 4 is 21.8 Å². The van der Waals surface area contributed by atoms with E-state index in [0.29, 0.717) is 24.5 Å². The maximum Gasteiger partial charge on any atom is 0.251 e. The van der Waals surface area contributed by atoms with E-state index >= 15 is 0 Å². The van der Waals surface area contributed by atoms with E-state index in [4.69, 9.17) is 9.47 Å². The number of ether oxygens (including phenoxy) is 2. The second-order valence-corrected chi connectivity index (χ2v) is 5.80. The molecule has 1 N–H and O–H groups in total. The third-order valence-corrected chi connectivity index (χ3v) is 4.10. The second-order valence-electron chi connectivity index (χ2n) is 4.95. The third-order valence-electron chi connectivity index (χ3n) is 3.42. The quantitative estimate of drug-likeness (QED) is 0.911. The van der Waals surface area contributed by atoms with Crippen LogP contribution in [-0.4, -0.2) is 24.1 Å². The number of halogens is 1. The largest absolute Gasteiger partial charge is 0.486 e. The number of aromatic nitrogens is 1. The van der Waals surface area contributed by atoms with Crippen molar-refractivity contribution in [3.05, 3.63) is 52.3 Å². The van der Waals surface area contributed by atoms with Crippen molar-refractivity contribution in [1.82, 2.24) is 10.3 Å². The number of pyridine rings is 1. The van der Waals surface area contributed by atoms with Crippen LogP contribution in [0.15, 0.2) is 41.1 Å². The van der Waals surface area contributed by atoms with Crippen LogP contribution < -0.4 is 14.8 Å². The van der Waals surface area contributed by atoms with E-state index in [9.17, 15) is 4.79 Å². The lowest BCUT2D eigenvalue weighted by Crippen LogP contribution is -2.27. The highest BCUT2D eigenvalue weighted by Gasteiger charge is 2.19. The first kappa shape index (κ1) is 14.8. The molecule has 0 spiro atoms. The lowest BCUT2D eigenvalue weighted by atomic mass is 10.1. The molecule has 114 valence electrons. The Morgan fingerprint density at radius 1 is 1.23 bits per heavy atom. The van der Waals surface area contributed by atoms with Crippen molar-refractivity contribution in [3.8, 4) is 11.5 Å². The van der Waals surface area contributed by atoms with Gasteiger partial charge in [-0.25, -0.2) is 0 Å². The molecule has 0 fully saturated rings. The summed E-state index contributed by atoms with van der Waals surface area (Å²) in [6.45, 7) is 3.01. The molecule has 1 amide bonds. The smallest absolute Gasteiger partial charge is 0.251 e. The van der Waals surface area contributed by atoms with Gasteiger partial charge in [0.2, 0.25) is 0 Å². The Hall–Kier alpha value is -2.08. The molecule has 0 aliphatic carbocycles. The molecule has 1 aromatic heterocycles. The van der Waals surface area contributed by atoms with Crippen LogP contribution in [-0.2, 0) is 0 Å². The number of nitrogens with one attached hydrogen (secondary N) is 1. The lowest BCUT2D eigenvalue weighted by Gasteiger charge is -2.22. The van der Waals surface area contributed by atoms with Crippen molar-refractivity contribution < 1.29 is 14.3 Å². The molecule has 2 heterocycles. The fourth-order valence-electron chi connectivity index (χ4n) is 2.27. The predicted molar refractivity (Wildman–Crippen MR) is 85.3 cm³/mol. The Morgan fingerprint density at radius 2 is 1.86 bits per heavy atom. The first-order valence-electron chi connectivity index (χ1n) is 6.95. The van der Waals surface area contributed by atoms with Crippen molar-refractivity contribution in [1.29, 1.82) is 0 Å². The fourth-order valence-corrected chi connectivity index (χ4v) is 2.94. The molecular weight excluding hydrogens is 348 g/mol.